The van der Waals surface area contributed by atoms with Crippen LogP contribution in [0.4, 0.5) is 0 Å². The third-order valence-electron chi connectivity index (χ3n) is 3.23. The van der Waals surface area contributed by atoms with Crippen molar-refractivity contribution in [3.05, 3.63) is 17.5 Å². The van der Waals surface area contributed by atoms with Gasteiger partial charge in [0.1, 0.15) is 5.56 Å². The van der Waals surface area contributed by atoms with Crippen molar-refractivity contribution in [3.8, 4) is 0 Å². The molecule has 1 aromatic rings. The van der Waals surface area contributed by atoms with E-state index in [2.05, 4.69) is 10.4 Å². The largest absolute Gasteiger partial charge is 0.478 e. The van der Waals surface area contributed by atoms with Crippen LogP contribution in [0.5, 0.6) is 0 Å². The Morgan fingerprint density at radius 3 is 2.94 bits per heavy atom. The summed E-state index contributed by atoms with van der Waals surface area (Å²) in [6.45, 7) is 5.94. The quantitative estimate of drug-likeness (QED) is 0.838. The van der Waals surface area contributed by atoms with Gasteiger partial charge >= 0.3 is 5.97 Å². The van der Waals surface area contributed by atoms with Crippen LogP contribution in [-0.4, -0.2) is 33.9 Å². The first kappa shape index (κ1) is 12.1. The Hall–Kier alpha value is -1.36. The number of carbonyl (C=O) groups is 1. The molecule has 5 heteroatoms. The van der Waals surface area contributed by atoms with E-state index in [0.717, 1.165) is 31.6 Å². The van der Waals surface area contributed by atoms with E-state index < -0.39 is 5.97 Å². The molecule has 0 aliphatic carbocycles. The molecule has 0 bridgehead atoms. The molecule has 0 amide bonds. The Morgan fingerprint density at radius 2 is 2.41 bits per heavy atom. The summed E-state index contributed by atoms with van der Waals surface area (Å²) < 4.78 is 1.90. The molecule has 2 heterocycles. The Kier molecular flexibility index (Phi) is 3.47. The van der Waals surface area contributed by atoms with E-state index in [0.29, 0.717) is 5.56 Å². The molecule has 17 heavy (non-hydrogen) atoms. The van der Waals surface area contributed by atoms with Gasteiger partial charge in [0.05, 0.1) is 17.9 Å². The third-order valence-corrected chi connectivity index (χ3v) is 3.23. The summed E-state index contributed by atoms with van der Waals surface area (Å²) >= 11 is 0. The second kappa shape index (κ2) is 4.87. The van der Waals surface area contributed by atoms with Gasteiger partial charge in [0.25, 0.3) is 0 Å². The molecule has 2 rings (SSSR count). The average Bonchev–Trinajstić information content (AvgIpc) is 2.74. The minimum atomic E-state index is -0.885. The molecule has 1 saturated heterocycles. The van der Waals surface area contributed by atoms with Gasteiger partial charge in [-0.3, -0.25) is 4.68 Å². The summed E-state index contributed by atoms with van der Waals surface area (Å²) in [6, 6.07) is 0.286. The molecule has 94 valence electrons. The van der Waals surface area contributed by atoms with Gasteiger partial charge in [-0.15, -0.1) is 0 Å². The van der Waals surface area contributed by atoms with Crippen LogP contribution in [0, 0.1) is 0 Å². The lowest BCUT2D eigenvalue weighted by Crippen LogP contribution is -2.33. The number of aromatic carboxylic acids is 1. The van der Waals surface area contributed by atoms with E-state index in [9.17, 15) is 4.79 Å². The minimum Gasteiger partial charge on any atom is -0.478 e. The summed E-state index contributed by atoms with van der Waals surface area (Å²) in [7, 11) is 0. The number of carboxylic acid groups (broad SMARTS) is 1. The molecule has 1 aliphatic rings. The molecule has 1 fully saturated rings. The molecule has 1 atom stereocenters. The summed E-state index contributed by atoms with van der Waals surface area (Å²) in [5.74, 6) is -0.714. The second-order valence-electron chi connectivity index (χ2n) is 4.85. The van der Waals surface area contributed by atoms with E-state index in [1.807, 2.05) is 18.5 Å². The standard InChI is InChI=1S/C12H19N3O2/c1-8(2)11-10(12(16)17)7-14-15(11)9-4-3-5-13-6-9/h7-9,13H,3-6H2,1-2H3,(H,16,17). The van der Waals surface area contributed by atoms with Gasteiger partial charge in [0.15, 0.2) is 0 Å². The number of rotatable bonds is 3. The first-order valence-electron chi connectivity index (χ1n) is 6.12. The molecule has 1 unspecified atom stereocenters. The lowest BCUT2D eigenvalue weighted by molar-refractivity contribution is 0.0695. The molecule has 1 aromatic heterocycles. The third kappa shape index (κ3) is 2.34. The van der Waals surface area contributed by atoms with Crippen molar-refractivity contribution in [1.82, 2.24) is 15.1 Å². The van der Waals surface area contributed by atoms with Crippen LogP contribution in [0.1, 0.15) is 54.7 Å². The fourth-order valence-electron chi connectivity index (χ4n) is 2.45. The van der Waals surface area contributed by atoms with Gasteiger partial charge in [0, 0.05) is 6.54 Å². The first-order valence-corrected chi connectivity index (χ1v) is 6.12. The Balaban J connectivity index is 2.35. The fraction of sp³-hybridized carbons (Fsp3) is 0.667. The van der Waals surface area contributed by atoms with Gasteiger partial charge in [-0.1, -0.05) is 13.8 Å². The van der Waals surface area contributed by atoms with E-state index in [-0.39, 0.29) is 12.0 Å². The minimum absolute atomic E-state index is 0.172. The van der Waals surface area contributed by atoms with Crippen LogP contribution in [-0.2, 0) is 0 Å². The lowest BCUT2D eigenvalue weighted by Gasteiger charge is -2.26. The number of hydrogen-bond acceptors (Lipinski definition) is 3. The Bertz CT molecular complexity index is 406. The number of nitrogens with one attached hydrogen (secondary N) is 1. The highest BCUT2D eigenvalue weighted by atomic mass is 16.4. The van der Waals surface area contributed by atoms with Gasteiger partial charge in [-0.2, -0.15) is 5.10 Å². The maximum absolute atomic E-state index is 11.2. The van der Waals surface area contributed by atoms with Crippen molar-refractivity contribution < 1.29 is 9.90 Å². The van der Waals surface area contributed by atoms with Gasteiger partial charge in [0.2, 0.25) is 0 Å². The molecule has 5 nitrogen and oxygen atoms in total. The van der Waals surface area contributed by atoms with Crippen LogP contribution in [0.15, 0.2) is 6.20 Å². The van der Waals surface area contributed by atoms with Crippen molar-refractivity contribution >= 4 is 5.97 Å². The zero-order chi connectivity index (χ0) is 12.4. The number of piperidine rings is 1. The highest BCUT2D eigenvalue weighted by molar-refractivity contribution is 5.88. The Labute approximate surface area is 101 Å². The number of hydrogen-bond donors (Lipinski definition) is 2. The zero-order valence-electron chi connectivity index (χ0n) is 10.3. The lowest BCUT2D eigenvalue weighted by atomic mass is 10.0. The highest BCUT2D eigenvalue weighted by Crippen LogP contribution is 2.25. The summed E-state index contributed by atoms with van der Waals surface area (Å²) in [5.41, 5.74) is 1.18. The van der Waals surface area contributed by atoms with Crippen molar-refractivity contribution in [3.63, 3.8) is 0 Å². The Morgan fingerprint density at radius 1 is 1.65 bits per heavy atom. The number of aromatic nitrogens is 2. The second-order valence-corrected chi connectivity index (χ2v) is 4.85. The highest BCUT2D eigenvalue weighted by Gasteiger charge is 2.24. The van der Waals surface area contributed by atoms with Gasteiger partial charge in [-0.05, 0) is 25.3 Å². The maximum Gasteiger partial charge on any atom is 0.339 e. The SMILES string of the molecule is CC(C)c1c(C(=O)O)cnn1C1CCCNC1. The molecular weight excluding hydrogens is 218 g/mol. The van der Waals surface area contributed by atoms with E-state index >= 15 is 0 Å². The van der Waals surface area contributed by atoms with Gasteiger partial charge in [-0.25, -0.2) is 4.79 Å². The topological polar surface area (TPSA) is 67.1 Å². The molecule has 0 spiro atoms. The summed E-state index contributed by atoms with van der Waals surface area (Å²) in [4.78, 5) is 11.2. The smallest absolute Gasteiger partial charge is 0.339 e. The van der Waals surface area contributed by atoms with Gasteiger partial charge < -0.3 is 10.4 Å². The van der Waals surface area contributed by atoms with Crippen molar-refractivity contribution in [2.45, 2.75) is 38.6 Å². The molecule has 0 aromatic carbocycles. The monoisotopic (exact) mass is 237 g/mol. The first-order chi connectivity index (χ1) is 8.11. The van der Waals surface area contributed by atoms with Crippen LogP contribution < -0.4 is 5.32 Å². The van der Waals surface area contributed by atoms with E-state index in [1.54, 1.807) is 0 Å². The molecular formula is C12H19N3O2. The van der Waals surface area contributed by atoms with Crippen molar-refractivity contribution in [1.29, 1.82) is 0 Å². The fourth-order valence-corrected chi connectivity index (χ4v) is 2.45. The van der Waals surface area contributed by atoms with Crippen LogP contribution in [0.25, 0.3) is 0 Å². The predicted molar refractivity (Wildman–Crippen MR) is 64.4 cm³/mol. The number of nitrogens with zero attached hydrogens (tertiary/aromatic N) is 2. The summed E-state index contributed by atoms with van der Waals surface area (Å²) in [5, 5.41) is 16.8. The van der Waals surface area contributed by atoms with Crippen LogP contribution in [0.2, 0.25) is 0 Å². The normalized spacial score (nSPS) is 20.8. The van der Waals surface area contributed by atoms with E-state index in [4.69, 9.17) is 5.11 Å². The number of carboxylic acids is 1. The predicted octanol–water partition coefficient (Wildman–Crippen LogP) is 1.63. The average molecular weight is 237 g/mol. The molecule has 0 radical (unpaired) electrons. The van der Waals surface area contributed by atoms with Crippen molar-refractivity contribution in [2.75, 3.05) is 13.1 Å². The molecule has 2 N–H and O–H groups in total. The van der Waals surface area contributed by atoms with Crippen LogP contribution in [0.3, 0.4) is 0 Å². The van der Waals surface area contributed by atoms with Crippen molar-refractivity contribution in [2.24, 2.45) is 0 Å². The maximum atomic E-state index is 11.2. The summed E-state index contributed by atoms with van der Waals surface area (Å²) in [6.07, 6.45) is 3.66. The zero-order valence-corrected chi connectivity index (χ0v) is 10.3. The van der Waals surface area contributed by atoms with Crippen LogP contribution >= 0.6 is 0 Å². The molecule has 1 aliphatic heterocycles. The van der Waals surface area contributed by atoms with E-state index in [1.165, 1.54) is 6.20 Å². The molecule has 0 saturated carbocycles.